The van der Waals surface area contributed by atoms with Gasteiger partial charge in [0.05, 0.1) is 0 Å². The van der Waals surface area contributed by atoms with Gasteiger partial charge < -0.3 is 14.6 Å². The fourth-order valence-electron chi connectivity index (χ4n) is 3.69. The van der Waals surface area contributed by atoms with Crippen molar-refractivity contribution in [2.24, 2.45) is 0 Å². The minimum absolute atomic E-state index is 0.260. The molecule has 0 radical (unpaired) electrons. The second kappa shape index (κ2) is 9.60. The van der Waals surface area contributed by atoms with E-state index in [1.54, 1.807) is 13.0 Å². The van der Waals surface area contributed by atoms with E-state index in [9.17, 15) is 9.59 Å². The summed E-state index contributed by atoms with van der Waals surface area (Å²) in [6.07, 6.45) is 9.64. The molecule has 26 heavy (non-hydrogen) atoms. The molecule has 2 rings (SSSR count). The van der Waals surface area contributed by atoms with Gasteiger partial charge in [-0.1, -0.05) is 26.2 Å². The Kier molecular flexibility index (Phi) is 7.49. The molecular formula is C21H32N2O3. The Balaban J connectivity index is 1.99. The number of nitrogens with one attached hydrogen (secondary N) is 1. The first kappa shape index (κ1) is 20.3. The number of nitrogens with zero attached hydrogens (tertiary/aromatic N) is 1. The highest BCUT2D eigenvalue weighted by molar-refractivity contribution is 5.90. The molecule has 1 fully saturated rings. The van der Waals surface area contributed by atoms with Crippen LogP contribution in [0, 0.1) is 13.8 Å². The van der Waals surface area contributed by atoms with Gasteiger partial charge in [-0.3, -0.25) is 4.79 Å². The molecule has 1 N–H and O–H groups in total. The van der Waals surface area contributed by atoms with Crippen molar-refractivity contribution in [2.45, 2.75) is 78.4 Å². The van der Waals surface area contributed by atoms with Gasteiger partial charge in [-0.2, -0.15) is 0 Å². The van der Waals surface area contributed by atoms with Crippen LogP contribution in [0.4, 0.5) is 0 Å². The monoisotopic (exact) mass is 360 g/mol. The summed E-state index contributed by atoms with van der Waals surface area (Å²) in [7, 11) is 0. The van der Waals surface area contributed by atoms with E-state index >= 15 is 0 Å². The van der Waals surface area contributed by atoms with Crippen LogP contribution < -0.4 is 5.32 Å². The molecule has 1 atom stereocenters. The van der Waals surface area contributed by atoms with Crippen LogP contribution in [0.15, 0.2) is 12.1 Å². The number of carbonyl (C=O) groups is 2. The summed E-state index contributed by atoms with van der Waals surface area (Å²) in [6.45, 7) is 8.38. The minimum atomic E-state index is -0.784. The fraction of sp³-hybridized carbons (Fsp3) is 0.619. The molecule has 1 aromatic rings. The molecule has 0 aliphatic heterocycles. The first-order valence-corrected chi connectivity index (χ1v) is 9.78. The highest BCUT2D eigenvalue weighted by atomic mass is 16.5. The fourth-order valence-corrected chi connectivity index (χ4v) is 3.69. The summed E-state index contributed by atoms with van der Waals surface area (Å²) in [5.74, 6) is -0.754. The average Bonchev–Trinajstić information content (AvgIpc) is 2.92. The molecule has 144 valence electrons. The van der Waals surface area contributed by atoms with Gasteiger partial charge in [0.15, 0.2) is 6.10 Å². The standard InChI is InChI=1S/C21H32N2O3/c1-5-13-22-21(25)17(4)26-20(24)12-11-18-14-15(2)23(16(18)3)19-9-7-6-8-10-19/h11-12,14,17,19H,5-10,13H2,1-4H3,(H,22,25)/b12-11+/t17-/m1/s1. The van der Waals surface area contributed by atoms with Gasteiger partial charge in [0, 0.05) is 30.1 Å². The molecule has 5 nitrogen and oxygen atoms in total. The van der Waals surface area contributed by atoms with Crippen molar-refractivity contribution < 1.29 is 14.3 Å². The van der Waals surface area contributed by atoms with Crippen molar-refractivity contribution in [2.75, 3.05) is 6.54 Å². The van der Waals surface area contributed by atoms with Gasteiger partial charge in [0.2, 0.25) is 0 Å². The maximum absolute atomic E-state index is 12.0. The van der Waals surface area contributed by atoms with Gasteiger partial charge in [-0.25, -0.2) is 4.79 Å². The van der Waals surface area contributed by atoms with Crippen molar-refractivity contribution in [3.8, 4) is 0 Å². The Hall–Kier alpha value is -2.04. The quantitative estimate of drug-likeness (QED) is 0.589. The summed E-state index contributed by atoms with van der Waals surface area (Å²) in [4.78, 5) is 23.8. The van der Waals surface area contributed by atoms with Gasteiger partial charge in [0.25, 0.3) is 5.91 Å². The van der Waals surface area contributed by atoms with Gasteiger partial charge in [-0.15, -0.1) is 0 Å². The zero-order chi connectivity index (χ0) is 19.1. The van der Waals surface area contributed by atoms with Crippen LogP contribution in [0.25, 0.3) is 6.08 Å². The largest absolute Gasteiger partial charge is 0.449 e. The number of rotatable bonds is 7. The maximum atomic E-state index is 12.0. The Morgan fingerprint density at radius 1 is 1.31 bits per heavy atom. The molecule has 1 aliphatic carbocycles. The SMILES string of the molecule is CCCNC(=O)[C@@H](C)OC(=O)/C=C/c1cc(C)n(C2CCCCC2)c1C. The molecule has 1 saturated carbocycles. The lowest BCUT2D eigenvalue weighted by molar-refractivity contribution is -0.150. The van der Waals surface area contributed by atoms with Crippen LogP contribution in [-0.2, 0) is 14.3 Å². The predicted octanol–water partition coefficient (Wildman–Crippen LogP) is 4.08. The molecule has 0 bridgehead atoms. The van der Waals surface area contributed by atoms with E-state index in [0.29, 0.717) is 12.6 Å². The summed E-state index contributed by atoms with van der Waals surface area (Å²) >= 11 is 0. The first-order chi connectivity index (χ1) is 12.4. The van der Waals surface area contributed by atoms with Crippen LogP contribution in [0.5, 0.6) is 0 Å². The van der Waals surface area contributed by atoms with Crippen LogP contribution in [-0.4, -0.2) is 29.1 Å². The lowest BCUT2D eigenvalue weighted by Gasteiger charge is -2.26. The second-order valence-electron chi connectivity index (χ2n) is 7.19. The molecule has 5 heteroatoms. The van der Waals surface area contributed by atoms with Gasteiger partial charge in [0.1, 0.15) is 0 Å². The number of amides is 1. The Morgan fingerprint density at radius 3 is 2.65 bits per heavy atom. The molecule has 0 spiro atoms. The summed E-state index contributed by atoms with van der Waals surface area (Å²) < 4.78 is 7.59. The molecule has 1 aliphatic rings. The Labute approximate surface area is 156 Å². The second-order valence-corrected chi connectivity index (χ2v) is 7.19. The van der Waals surface area contributed by atoms with Gasteiger partial charge >= 0.3 is 5.97 Å². The smallest absolute Gasteiger partial charge is 0.331 e. The van der Waals surface area contributed by atoms with E-state index in [1.165, 1.54) is 49.6 Å². The molecule has 0 saturated heterocycles. The molecule has 0 unspecified atom stereocenters. The number of ether oxygens (including phenoxy) is 1. The number of aromatic nitrogens is 1. The van der Waals surface area contributed by atoms with Crippen LogP contribution in [0.2, 0.25) is 0 Å². The third-order valence-electron chi connectivity index (χ3n) is 5.07. The van der Waals surface area contributed by atoms with E-state index in [-0.39, 0.29) is 5.91 Å². The lowest BCUT2D eigenvalue weighted by Crippen LogP contribution is -2.35. The zero-order valence-corrected chi connectivity index (χ0v) is 16.5. The number of aryl methyl sites for hydroxylation is 1. The molecule has 1 aromatic heterocycles. The molecule has 0 aromatic carbocycles. The summed E-state index contributed by atoms with van der Waals surface area (Å²) in [5, 5.41) is 2.72. The van der Waals surface area contributed by atoms with Crippen LogP contribution >= 0.6 is 0 Å². The summed E-state index contributed by atoms with van der Waals surface area (Å²) in [5.41, 5.74) is 3.45. The highest BCUT2D eigenvalue weighted by Crippen LogP contribution is 2.32. The maximum Gasteiger partial charge on any atom is 0.331 e. The number of esters is 1. The van der Waals surface area contributed by atoms with Crippen LogP contribution in [0.3, 0.4) is 0 Å². The Morgan fingerprint density at radius 2 is 2.00 bits per heavy atom. The third-order valence-corrected chi connectivity index (χ3v) is 5.07. The van der Waals surface area contributed by atoms with Crippen molar-refractivity contribution >= 4 is 18.0 Å². The average molecular weight is 360 g/mol. The van der Waals surface area contributed by atoms with E-state index < -0.39 is 12.1 Å². The first-order valence-electron chi connectivity index (χ1n) is 9.78. The number of hydrogen-bond acceptors (Lipinski definition) is 3. The van der Waals surface area contributed by atoms with Crippen molar-refractivity contribution in [1.82, 2.24) is 9.88 Å². The molecular weight excluding hydrogens is 328 g/mol. The predicted molar refractivity (Wildman–Crippen MR) is 104 cm³/mol. The van der Waals surface area contributed by atoms with Crippen LogP contribution in [0.1, 0.15) is 75.4 Å². The van der Waals surface area contributed by atoms with Crippen molar-refractivity contribution in [3.63, 3.8) is 0 Å². The van der Waals surface area contributed by atoms with E-state index in [0.717, 1.165) is 12.0 Å². The normalized spacial score (nSPS) is 16.6. The van der Waals surface area contributed by atoms with Crippen molar-refractivity contribution in [3.05, 3.63) is 29.1 Å². The van der Waals surface area contributed by atoms with E-state index in [4.69, 9.17) is 4.74 Å². The number of carbonyl (C=O) groups excluding carboxylic acids is 2. The van der Waals surface area contributed by atoms with Gasteiger partial charge in [-0.05, 0) is 57.7 Å². The molecule has 1 amide bonds. The zero-order valence-electron chi connectivity index (χ0n) is 16.5. The van der Waals surface area contributed by atoms with E-state index in [2.05, 4.69) is 29.8 Å². The summed E-state index contributed by atoms with van der Waals surface area (Å²) in [6, 6.07) is 2.69. The minimum Gasteiger partial charge on any atom is -0.449 e. The van der Waals surface area contributed by atoms with E-state index in [1.807, 2.05) is 6.92 Å². The lowest BCUT2D eigenvalue weighted by atomic mass is 9.95. The topological polar surface area (TPSA) is 60.3 Å². The number of hydrogen-bond donors (Lipinski definition) is 1. The van der Waals surface area contributed by atoms with Crippen molar-refractivity contribution in [1.29, 1.82) is 0 Å². The Bertz CT molecular complexity index is 654. The molecule has 1 heterocycles. The highest BCUT2D eigenvalue weighted by Gasteiger charge is 2.20. The third kappa shape index (κ3) is 5.23.